The highest BCUT2D eigenvalue weighted by atomic mass is 19.4. The number of halogens is 3. The normalized spacial score (nSPS) is 16.1. The number of fused-ring (bicyclic) bond motifs is 1. The zero-order valence-corrected chi connectivity index (χ0v) is 18.9. The average molecular weight is 464 g/mol. The second-order valence-corrected chi connectivity index (χ2v) is 8.91. The van der Waals surface area contributed by atoms with Crippen LogP contribution in [-0.4, -0.2) is 67.5 Å². The molecule has 1 fully saturated rings. The van der Waals surface area contributed by atoms with Gasteiger partial charge in [-0.25, -0.2) is 9.50 Å². The number of pyridine rings is 1. The van der Waals surface area contributed by atoms with E-state index in [0.717, 1.165) is 28.0 Å². The first-order valence-corrected chi connectivity index (χ1v) is 11.1. The van der Waals surface area contributed by atoms with Gasteiger partial charge in [-0.3, -0.25) is 9.89 Å². The average Bonchev–Trinajstić information content (AvgIpc) is 3.40. The minimum atomic E-state index is -4.15. The van der Waals surface area contributed by atoms with Gasteiger partial charge in [0.1, 0.15) is 6.33 Å². The minimum absolute atomic E-state index is 0.0000769. The lowest BCUT2D eigenvalue weighted by Crippen LogP contribution is -2.45. The van der Waals surface area contributed by atoms with E-state index in [1.54, 1.807) is 9.42 Å². The summed E-state index contributed by atoms with van der Waals surface area (Å²) >= 11 is 0. The predicted octanol–water partition coefficient (Wildman–Crippen LogP) is 3.70. The molecule has 1 aliphatic heterocycles. The van der Waals surface area contributed by atoms with Crippen LogP contribution < -0.4 is 5.32 Å². The summed E-state index contributed by atoms with van der Waals surface area (Å²) < 4.78 is 39.1. The Morgan fingerprint density at radius 3 is 2.70 bits per heavy atom. The Bertz CT molecular complexity index is 1130. The van der Waals surface area contributed by atoms with E-state index in [0.29, 0.717) is 31.6 Å². The molecule has 0 radical (unpaired) electrons. The maximum absolute atomic E-state index is 13.1. The molecule has 178 valence electrons. The summed E-state index contributed by atoms with van der Waals surface area (Å²) in [5, 5.41) is 14.6. The fraction of sp³-hybridized carbons (Fsp3) is 0.545. The number of rotatable bonds is 6. The Morgan fingerprint density at radius 1 is 1.30 bits per heavy atom. The summed E-state index contributed by atoms with van der Waals surface area (Å²) in [5.74, 6) is -0.232. The van der Waals surface area contributed by atoms with Crippen molar-refractivity contribution in [2.24, 2.45) is 0 Å². The Balaban J connectivity index is 1.47. The number of H-pyrrole nitrogens is 1. The van der Waals surface area contributed by atoms with Crippen molar-refractivity contribution in [3.63, 3.8) is 0 Å². The van der Waals surface area contributed by atoms with Crippen LogP contribution in [0, 0.1) is 6.92 Å². The first-order valence-electron chi connectivity index (χ1n) is 11.1. The highest BCUT2D eigenvalue weighted by Crippen LogP contribution is 2.31. The second kappa shape index (κ2) is 9.12. The number of hydrogen-bond donors (Lipinski definition) is 2. The van der Waals surface area contributed by atoms with Crippen LogP contribution in [0.1, 0.15) is 60.6 Å². The van der Waals surface area contributed by atoms with E-state index in [2.05, 4.69) is 25.6 Å². The smallest absolute Gasteiger partial charge is 0.348 e. The number of hydrogen-bond acceptors (Lipinski definition) is 5. The summed E-state index contributed by atoms with van der Waals surface area (Å²) in [7, 11) is 0. The van der Waals surface area contributed by atoms with Gasteiger partial charge in [0.25, 0.3) is 5.91 Å². The molecule has 3 aromatic heterocycles. The molecule has 0 unspecified atom stereocenters. The van der Waals surface area contributed by atoms with Crippen LogP contribution in [0.25, 0.3) is 16.9 Å². The topological polar surface area (TPSA) is 91.2 Å². The van der Waals surface area contributed by atoms with Gasteiger partial charge < -0.3 is 10.2 Å². The van der Waals surface area contributed by atoms with Gasteiger partial charge in [-0.15, -0.1) is 0 Å². The molecule has 11 heteroatoms. The van der Waals surface area contributed by atoms with Crippen LogP contribution in [0.3, 0.4) is 0 Å². The summed E-state index contributed by atoms with van der Waals surface area (Å²) in [4.78, 5) is 19.1. The number of nitrogens with zero attached hydrogens (tertiary/aromatic N) is 5. The van der Waals surface area contributed by atoms with Gasteiger partial charge in [-0.2, -0.15) is 23.4 Å². The van der Waals surface area contributed by atoms with Crippen LogP contribution in [-0.2, 0) is 0 Å². The summed E-state index contributed by atoms with van der Waals surface area (Å²) in [6.07, 6.45) is -0.381. The van der Waals surface area contributed by atoms with E-state index in [1.807, 2.05) is 33.0 Å². The van der Waals surface area contributed by atoms with Gasteiger partial charge in [-0.05, 0) is 37.3 Å². The molecule has 3 aromatic rings. The SMILES string of the molecule is Cc1cc(-c2[nH]nc(C(=O)NC3CCN(CCC(F)(F)F)CC3)c2C(C)C)cn2ncnc12. The summed E-state index contributed by atoms with van der Waals surface area (Å²) in [6, 6.07) is 1.90. The first kappa shape index (κ1) is 23.2. The van der Waals surface area contributed by atoms with Crippen LogP contribution in [0.5, 0.6) is 0 Å². The molecule has 1 aliphatic rings. The van der Waals surface area contributed by atoms with Crippen LogP contribution in [0.4, 0.5) is 13.2 Å². The first-order chi connectivity index (χ1) is 15.6. The highest BCUT2D eigenvalue weighted by molar-refractivity contribution is 5.96. The standard InChI is InChI=1S/C22H28F3N7O/c1-13(2)17-18(15-10-14(3)20-26-12-27-32(20)11-15)29-30-19(17)21(33)28-16-4-7-31(8-5-16)9-6-22(23,24)25/h10-13,16H,4-9H2,1-3H3,(H,28,33)(H,29,30). The molecule has 0 aromatic carbocycles. The maximum atomic E-state index is 13.1. The number of aromatic amines is 1. The number of piperidine rings is 1. The van der Waals surface area contributed by atoms with E-state index >= 15 is 0 Å². The fourth-order valence-electron chi connectivity index (χ4n) is 4.38. The van der Waals surface area contributed by atoms with Crippen molar-refractivity contribution < 1.29 is 18.0 Å². The minimum Gasteiger partial charge on any atom is -0.348 e. The maximum Gasteiger partial charge on any atom is 0.390 e. The van der Waals surface area contributed by atoms with Gasteiger partial charge >= 0.3 is 6.18 Å². The third-order valence-corrected chi connectivity index (χ3v) is 6.08. The summed E-state index contributed by atoms with van der Waals surface area (Å²) in [6.45, 7) is 7.02. The molecule has 0 spiro atoms. The molecule has 0 atom stereocenters. The lowest BCUT2D eigenvalue weighted by molar-refractivity contribution is -0.138. The molecule has 2 N–H and O–H groups in total. The number of alkyl halides is 3. The number of likely N-dealkylation sites (tertiary alicyclic amines) is 1. The number of aryl methyl sites for hydroxylation is 1. The lowest BCUT2D eigenvalue weighted by Gasteiger charge is -2.32. The number of carbonyl (C=O) groups is 1. The zero-order chi connectivity index (χ0) is 23.8. The lowest BCUT2D eigenvalue weighted by atomic mass is 9.96. The predicted molar refractivity (Wildman–Crippen MR) is 117 cm³/mol. The van der Waals surface area contributed by atoms with E-state index in [-0.39, 0.29) is 24.4 Å². The Kier molecular flexibility index (Phi) is 6.42. The van der Waals surface area contributed by atoms with Crippen molar-refractivity contribution in [1.29, 1.82) is 0 Å². The molecular weight excluding hydrogens is 435 g/mol. The van der Waals surface area contributed by atoms with Crippen molar-refractivity contribution in [3.8, 4) is 11.3 Å². The Morgan fingerprint density at radius 2 is 2.03 bits per heavy atom. The summed E-state index contributed by atoms with van der Waals surface area (Å²) in [5.41, 5.74) is 4.50. The second-order valence-electron chi connectivity index (χ2n) is 8.91. The molecule has 1 amide bonds. The molecule has 0 saturated carbocycles. The molecule has 8 nitrogen and oxygen atoms in total. The van der Waals surface area contributed by atoms with E-state index in [1.165, 1.54) is 6.33 Å². The van der Waals surface area contributed by atoms with Crippen molar-refractivity contribution in [2.45, 2.75) is 58.2 Å². The largest absolute Gasteiger partial charge is 0.390 e. The molecule has 4 rings (SSSR count). The monoisotopic (exact) mass is 463 g/mol. The van der Waals surface area contributed by atoms with E-state index < -0.39 is 12.6 Å². The van der Waals surface area contributed by atoms with Crippen molar-refractivity contribution in [1.82, 2.24) is 35.0 Å². The van der Waals surface area contributed by atoms with Crippen LogP contribution in [0.2, 0.25) is 0 Å². The highest BCUT2D eigenvalue weighted by Gasteiger charge is 2.30. The van der Waals surface area contributed by atoms with Crippen molar-refractivity contribution >= 4 is 11.6 Å². The third-order valence-electron chi connectivity index (χ3n) is 6.08. The molecule has 0 aliphatic carbocycles. The Hall–Kier alpha value is -2.95. The van der Waals surface area contributed by atoms with Gasteiger partial charge in [0, 0.05) is 43.0 Å². The van der Waals surface area contributed by atoms with Gasteiger partial charge in [0.15, 0.2) is 11.3 Å². The van der Waals surface area contributed by atoms with E-state index in [4.69, 9.17) is 0 Å². The molecular formula is C22H28F3N7O. The van der Waals surface area contributed by atoms with Crippen LogP contribution >= 0.6 is 0 Å². The Labute approximate surface area is 189 Å². The molecule has 33 heavy (non-hydrogen) atoms. The zero-order valence-electron chi connectivity index (χ0n) is 18.9. The van der Waals surface area contributed by atoms with Gasteiger partial charge in [-0.1, -0.05) is 13.8 Å². The number of amides is 1. The number of nitrogens with one attached hydrogen (secondary N) is 2. The molecule has 4 heterocycles. The number of carbonyl (C=O) groups excluding carboxylic acids is 1. The molecule has 0 bridgehead atoms. The van der Waals surface area contributed by atoms with Crippen molar-refractivity contribution in [3.05, 3.63) is 35.4 Å². The fourth-order valence-corrected chi connectivity index (χ4v) is 4.38. The van der Waals surface area contributed by atoms with E-state index in [9.17, 15) is 18.0 Å². The number of aromatic nitrogens is 5. The third kappa shape index (κ3) is 5.18. The van der Waals surface area contributed by atoms with Crippen molar-refractivity contribution in [2.75, 3.05) is 19.6 Å². The van der Waals surface area contributed by atoms with Gasteiger partial charge in [0.2, 0.25) is 0 Å². The quantitative estimate of drug-likeness (QED) is 0.582. The van der Waals surface area contributed by atoms with Crippen LogP contribution in [0.15, 0.2) is 18.6 Å². The van der Waals surface area contributed by atoms with Gasteiger partial charge in [0.05, 0.1) is 12.1 Å². The molecule has 1 saturated heterocycles.